The molecule has 0 unspecified atom stereocenters. The third kappa shape index (κ3) is 6.18. The van der Waals surface area contributed by atoms with Crippen LogP contribution >= 0.6 is 15.9 Å². The lowest BCUT2D eigenvalue weighted by Crippen LogP contribution is -2.14. The van der Waals surface area contributed by atoms with Crippen molar-refractivity contribution in [3.8, 4) is 5.88 Å². The van der Waals surface area contributed by atoms with Crippen molar-refractivity contribution >= 4 is 44.2 Å². The summed E-state index contributed by atoms with van der Waals surface area (Å²) in [6.45, 7) is 0.934. The molecule has 3 aromatic carbocycles. The minimum atomic E-state index is -0.835. The quantitative estimate of drug-likeness (QED) is 0.233. The number of halogens is 1. The normalized spacial score (nSPS) is 11.9. The molecule has 3 N–H and O–H groups in total. The fraction of sp³-hybridized carbons (Fsp3) is 0.214. The summed E-state index contributed by atoms with van der Waals surface area (Å²) in [5, 5.41) is 20.9. The molecule has 0 radical (unpaired) electrons. The van der Waals surface area contributed by atoms with Crippen LogP contribution in [0.1, 0.15) is 28.7 Å². The highest BCUT2D eigenvalue weighted by Crippen LogP contribution is 2.33. The van der Waals surface area contributed by atoms with Crippen molar-refractivity contribution in [3.63, 3.8) is 0 Å². The SMILES string of the molecule is CN(C)CCc1cccc(N=C(c2cccc(CCC(=O)O)c2)c2c(O)[nH]c3cc(Br)ccc23)c1. The van der Waals surface area contributed by atoms with Gasteiger partial charge in [0.05, 0.1) is 22.5 Å². The molecule has 0 aliphatic heterocycles. The monoisotopic (exact) mass is 533 g/mol. The Labute approximate surface area is 213 Å². The topological polar surface area (TPSA) is 88.9 Å². The molecule has 1 aromatic heterocycles. The van der Waals surface area contributed by atoms with E-state index in [9.17, 15) is 9.90 Å². The molecule has 180 valence electrons. The maximum Gasteiger partial charge on any atom is 0.303 e. The van der Waals surface area contributed by atoms with Gasteiger partial charge in [0.2, 0.25) is 0 Å². The van der Waals surface area contributed by atoms with Crippen LogP contribution in [0.4, 0.5) is 5.69 Å². The van der Waals surface area contributed by atoms with Gasteiger partial charge in [0.25, 0.3) is 0 Å². The first-order valence-electron chi connectivity index (χ1n) is 11.4. The highest BCUT2D eigenvalue weighted by Gasteiger charge is 2.19. The average Bonchev–Trinajstić information content (AvgIpc) is 3.14. The van der Waals surface area contributed by atoms with Crippen molar-refractivity contribution in [2.45, 2.75) is 19.3 Å². The summed E-state index contributed by atoms with van der Waals surface area (Å²) in [5.41, 5.74) is 5.71. The maximum absolute atomic E-state index is 11.1. The number of aromatic hydroxyl groups is 1. The number of benzene rings is 3. The van der Waals surface area contributed by atoms with E-state index in [2.05, 4.69) is 52.0 Å². The summed E-state index contributed by atoms with van der Waals surface area (Å²) in [6.07, 6.45) is 1.38. The predicted molar refractivity (Wildman–Crippen MR) is 144 cm³/mol. The van der Waals surface area contributed by atoms with Crippen LogP contribution in [-0.2, 0) is 17.6 Å². The first kappa shape index (κ1) is 24.7. The van der Waals surface area contributed by atoms with Gasteiger partial charge in [0, 0.05) is 28.4 Å². The van der Waals surface area contributed by atoms with Gasteiger partial charge in [-0.1, -0.05) is 52.3 Å². The number of fused-ring (bicyclic) bond motifs is 1. The lowest BCUT2D eigenvalue weighted by molar-refractivity contribution is -0.136. The van der Waals surface area contributed by atoms with Crippen LogP contribution in [0.25, 0.3) is 10.9 Å². The average molecular weight is 534 g/mol. The molecule has 0 bridgehead atoms. The summed E-state index contributed by atoms with van der Waals surface area (Å²) >= 11 is 3.49. The van der Waals surface area contributed by atoms with Gasteiger partial charge in [-0.3, -0.25) is 4.79 Å². The van der Waals surface area contributed by atoms with Gasteiger partial charge in [-0.2, -0.15) is 0 Å². The number of carboxylic acids is 1. The molecule has 7 heteroatoms. The molecule has 4 aromatic rings. The molecule has 0 saturated heterocycles. The van der Waals surface area contributed by atoms with E-state index >= 15 is 0 Å². The summed E-state index contributed by atoms with van der Waals surface area (Å²) in [5.74, 6) is -0.796. The first-order chi connectivity index (χ1) is 16.8. The third-order valence-electron chi connectivity index (χ3n) is 5.80. The van der Waals surface area contributed by atoms with E-state index in [4.69, 9.17) is 10.1 Å². The molecule has 4 rings (SSSR count). The molecule has 0 saturated carbocycles. The summed E-state index contributed by atoms with van der Waals surface area (Å²) in [4.78, 5) is 21.3. The Kier molecular flexibility index (Phi) is 7.68. The van der Waals surface area contributed by atoms with E-state index in [-0.39, 0.29) is 12.3 Å². The Balaban J connectivity index is 1.85. The zero-order chi connectivity index (χ0) is 24.9. The lowest BCUT2D eigenvalue weighted by atomic mass is 9.97. The van der Waals surface area contributed by atoms with E-state index in [1.165, 1.54) is 5.56 Å². The Hall–Kier alpha value is -3.42. The van der Waals surface area contributed by atoms with Gasteiger partial charge >= 0.3 is 5.97 Å². The molecule has 6 nitrogen and oxygen atoms in total. The summed E-state index contributed by atoms with van der Waals surface area (Å²) in [7, 11) is 4.10. The molecule has 1 heterocycles. The molecule has 0 aliphatic rings. The number of rotatable bonds is 9. The molecule has 0 atom stereocenters. The van der Waals surface area contributed by atoms with Crippen molar-refractivity contribution in [1.82, 2.24) is 9.88 Å². The molecule has 35 heavy (non-hydrogen) atoms. The van der Waals surface area contributed by atoms with Gasteiger partial charge in [-0.05, 0) is 68.4 Å². The summed E-state index contributed by atoms with van der Waals surface area (Å²) in [6, 6.07) is 21.6. The second-order valence-electron chi connectivity index (χ2n) is 8.82. The van der Waals surface area contributed by atoms with Crippen molar-refractivity contribution in [2.24, 2.45) is 4.99 Å². The lowest BCUT2D eigenvalue weighted by Gasteiger charge is -2.11. The largest absolute Gasteiger partial charge is 0.494 e. The number of aliphatic imine (C=N–C) groups is 1. The van der Waals surface area contributed by atoms with Crippen LogP contribution in [0.5, 0.6) is 5.88 Å². The fourth-order valence-electron chi connectivity index (χ4n) is 4.05. The van der Waals surface area contributed by atoms with Crippen molar-refractivity contribution in [1.29, 1.82) is 0 Å². The number of aromatic amines is 1. The first-order valence-corrected chi connectivity index (χ1v) is 12.2. The van der Waals surface area contributed by atoms with Gasteiger partial charge in [-0.15, -0.1) is 0 Å². The van der Waals surface area contributed by atoms with Crippen molar-refractivity contribution < 1.29 is 15.0 Å². The fourth-order valence-corrected chi connectivity index (χ4v) is 4.41. The third-order valence-corrected chi connectivity index (χ3v) is 6.30. The minimum absolute atomic E-state index is 0.0385. The number of aromatic nitrogens is 1. The van der Waals surface area contributed by atoms with Gasteiger partial charge in [-0.25, -0.2) is 4.99 Å². The van der Waals surface area contributed by atoms with Crippen LogP contribution in [-0.4, -0.2) is 52.4 Å². The van der Waals surface area contributed by atoms with Crippen LogP contribution in [0.2, 0.25) is 0 Å². The second kappa shape index (κ2) is 10.9. The Bertz CT molecular complexity index is 1390. The zero-order valence-corrected chi connectivity index (χ0v) is 21.3. The molecule has 0 spiro atoms. The van der Waals surface area contributed by atoms with Crippen molar-refractivity contribution in [2.75, 3.05) is 20.6 Å². The minimum Gasteiger partial charge on any atom is -0.494 e. The highest BCUT2D eigenvalue weighted by molar-refractivity contribution is 9.10. The Morgan fingerprint density at radius 1 is 1.00 bits per heavy atom. The standard InChI is InChI=1S/C28H28BrN3O3/c1-32(2)14-13-19-6-4-8-22(16-19)30-27(20-7-3-5-18(15-20)9-12-25(33)34)26-23-11-10-21(29)17-24(23)31-28(26)35/h3-8,10-11,15-17,31,35H,9,12-14H2,1-2H3,(H,33,34). The summed E-state index contributed by atoms with van der Waals surface area (Å²) < 4.78 is 0.903. The Morgan fingerprint density at radius 2 is 1.74 bits per heavy atom. The number of aliphatic carboxylic acids is 1. The van der Waals surface area contributed by atoms with E-state index < -0.39 is 5.97 Å². The molecule has 0 amide bonds. The van der Waals surface area contributed by atoms with Crippen LogP contribution in [0.15, 0.2) is 76.2 Å². The molecule has 0 aliphatic carbocycles. The number of aryl methyl sites for hydroxylation is 1. The molecular formula is C28H28BrN3O3. The van der Waals surface area contributed by atoms with E-state index in [0.717, 1.165) is 45.2 Å². The smallest absolute Gasteiger partial charge is 0.303 e. The number of nitrogens with zero attached hydrogens (tertiary/aromatic N) is 2. The van der Waals surface area contributed by atoms with Crippen LogP contribution in [0, 0.1) is 0 Å². The van der Waals surface area contributed by atoms with Gasteiger partial charge in [0.15, 0.2) is 5.88 Å². The molecule has 0 fully saturated rings. The van der Waals surface area contributed by atoms with Crippen LogP contribution < -0.4 is 0 Å². The highest BCUT2D eigenvalue weighted by atomic mass is 79.9. The number of nitrogens with one attached hydrogen (secondary N) is 1. The van der Waals surface area contributed by atoms with E-state index in [0.29, 0.717) is 17.7 Å². The van der Waals surface area contributed by atoms with Crippen LogP contribution in [0.3, 0.4) is 0 Å². The number of carboxylic acid groups (broad SMARTS) is 1. The van der Waals surface area contributed by atoms with Gasteiger partial charge in [0.1, 0.15) is 0 Å². The zero-order valence-electron chi connectivity index (χ0n) is 19.8. The number of carbonyl (C=O) groups is 1. The second-order valence-corrected chi connectivity index (χ2v) is 9.73. The van der Waals surface area contributed by atoms with Gasteiger partial charge < -0.3 is 20.1 Å². The number of likely N-dealkylation sites (N-methyl/N-ethyl adjacent to an activating group) is 1. The van der Waals surface area contributed by atoms with Crippen molar-refractivity contribution in [3.05, 3.63) is 93.5 Å². The van der Waals surface area contributed by atoms with E-state index in [1.807, 2.05) is 54.6 Å². The number of hydrogen-bond donors (Lipinski definition) is 3. The Morgan fingerprint density at radius 3 is 2.49 bits per heavy atom. The number of H-pyrrole nitrogens is 1. The molecular weight excluding hydrogens is 506 g/mol. The van der Waals surface area contributed by atoms with E-state index in [1.54, 1.807) is 0 Å². The predicted octanol–water partition coefficient (Wildman–Crippen LogP) is 5.93. The maximum atomic E-state index is 11.1. The number of hydrogen-bond acceptors (Lipinski definition) is 4.